The summed E-state index contributed by atoms with van der Waals surface area (Å²) in [5.41, 5.74) is 0. The molecule has 2 rings (SSSR count). The first-order chi connectivity index (χ1) is 5.90. The monoisotopic (exact) mass is 180 g/mol. The van der Waals surface area contributed by atoms with Gasteiger partial charge in [-0.3, -0.25) is 0 Å². The lowest BCUT2D eigenvalue weighted by Gasteiger charge is -1.87. The first-order valence-corrected chi connectivity index (χ1v) is 4.45. The fraction of sp³-hybridized carbons (Fsp3) is 0.111. The highest BCUT2D eigenvalue weighted by Gasteiger charge is 2.03. The standard InChI is InChI=1S/C9H8O2S/c10-6-7-3-4-9(12-7)8-2-1-5-11-8/h1-5,10H,6H2. The number of thiophene rings is 1. The summed E-state index contributed by atoms with van der Waals surface area (Å²) in [6.45, 7) is 0.103. The van der Waals surface area contributed by atoms with E-state index in [1.807, 2.05) is 24.3 Å². The average molecular weight is 180 g/mol. The third-order valence-electron chi connectivity index (χ3n) is 1.58. The molecule has 1 N–H and O–H groups in total. The highest BCUT2D eigenvalue weighted by molar-refractivity contribution is 7.15. The van der Waals surface area contributed by atoms with E-state index in [0.29, 0.717) is 0 Å². The summed E-state index contributed by atoms with van der Waals surface area (Å²) < 4.78 is 5.21. The van der Waals surface area contributed by atoms with Gasteiger partial charge in [-0.2, -0.15) is 0 Å². The predicted octanol–water partition coefficient (Wildman–Crippen LogP) is 2.50. The van der Waals surface area contributed by atoms with Gasteiger partial charge in [0.25, 0.3) is 0 Å². The second kappa shape index (κ2) is 3.13. The van der Waals surface area contributed by atoms with Crippen LogP contribution in [-0.2, 0) is 6.61 Å². The van der Waals surface area contributed by atoms with Crippen molar-refractivity contribution in [3.8, 4) is 10.6 Å². The quantitative estimate of drug-likeness (QED) is 0.770. The summed E-state index contributed by atoms with van der Waals surface area (Å²) in [7, 11) is 0. The summed E-state index contributed by atoms with van der Waals surface area (Å²) >= 11 is 1.55. The second-order valence-electron chi connectivity index (χ2n) is 2.40. The molecule has 12 heavy (non-hydrogen) atoms. The molecule has 0 aliphatic heterocycles. The van der Waals surface area contributed by atoms with Crippen LogP contribution in [0.2, 0.25) is 0 Å². The highest BCUT2D eigenvalue weighted by atomic mass is 32.1. The van der Waals surface area contributed by atoms with Crippen molar-refractivity contribution >= 4 is 11.3 Å². The summed E-state index contributed by atoms with van der Waals surface area (Å²) in [6.07, 6.45) is 1.65. The molecular weight excluding hydrogens is 172 g/mol. The van der Waals surface area contributed by atoms with Gasteiger partial charge in [-0.15, -0.1) is 11.3 Å². The minimum atomic E-state index is 0.103. The molecule has 0 saturated carbocycles. The molecule has 0 atom stereocenters. The van der Waals surface area contributed by atoms with E-state index >= 15 is 0 Å². The van der Waals surface area contributed by atoms with Crippen molar-refractivity contribution in [2.75, 3.05) is 0 Å². The Balaban J connectivity index is 2.35. The molecule has 2 aromatic heterocycles. The maximum Gasteiger partial charge on any atom is 0.143 e. The number of aliphatic hydroxyl groups is 1. The second-order valence-corrected chi connectivity index (χ2v) is 3.57. The summed E-state index contributed by atoms with van der Waals surface area (Å²) in [6, 6.07) is 7.62. The molecule has 0 saturated heterocycles. The molecule has 0 spiro atoms. The molecule has 62 valence electrons. The third kappa shape index (κ3) is 1.29. The van der Waals surface area contributed by atoms with Gasteiger partial charge < -0.3 is 9.52 Å². The molecule has 2 nitrogen and oxygen atoms in total. The van der Waals surface area contributed by atoms with Gasteiger partial charge in [0.1, 0.15) is 5.76 Å². The first-order valence-electron chi connectivity index (χ1n) is 3.63. The molecule has 3 heteroatoms. The largest absolute Gasteiger partial charge is 0.464 e. The minimum Gasteiger partial charge on any atom is -0.464 e. The van der Waals surface area contributed by atoms with Gasteiger partial charge in [0.15, 0.2) is 0 Å². The van der Waals surface area contributed by atoms with Gasteiger partial charge >= 0.3 is 0 Å². The van der Waals surface area contributed by atoms with Crippen molar-refractivity contribution in [2.24, 2.45) is 0 Å². The van der Waals surface area contributed by atoms with Gasteiger partial charge in [0.05, 0.1) is 17.7 Å². The van der Waals surface area contributed by atoms with E-state index < -0.39 is 0 Å². The molecule has 0 aliphatic carbocycles. The minimum absolute atomic E-state index is 0.103. The fourth-order valence-electron chi connectivity index (χ4n) is 1.01. The third-order valence-corrected chi connectivity index (χ3v) is 2.67. The van der Waals surface area contributed by atoms with E-state index in [0.717, 1.165) is 15.5 Å². The summed E-state index contributed by atoms with van der Waals surface area (Å²) in [4.78, 5) is 2.02. The molecular formula is C9H8O2S. The van der Waals surface area contributed by atoms with E-state index in [1.165, 1.54) is 0 Å². The number of aliphatic hydroxyl groups excluding tert-OH is 1. The van der Waals surface area contributed by atoms with Gasteiger partial charge in [-0.25, -0.2) is 0 Å². The van der Waals surface area contributed by atoms with Crippen molar-refractivity contribution in [1.29, 1.82) is 0 Å². The molecule has 2 heterocycles. The van der Waals surface area contributed by atoms with Crippen LogP contribution in [0, 0.1) is 0 Å². The molecule has 0 radical (unpaired) electrons. The molecule has 0 aliphatic rings. The average Bonchev–Trinajstić information content (AvgIpc) is 2.75. The van der Waals surface area contributed by atoms with E-state index in [2.05, 4.69) is 0 Å². The lowest BCUT2D eigenvalue weighted by Crippen LogP contribution is -1.69. The van der Waals surface area contributed by atoms with Crippen molar-refractivity contribution in [3.63, 3.8) is 0 Å². The van der Waals surface area contributed by atoms with Crippen LogP contribution in [0.25, 0.3) is 10.6 Å². The van der Waals surface area contributed by atoms with Gasteiger partial charge in [-0.1, -0.05) is 0 Å². The van der Waals surface area contributed by atoms with Crippen LogP contribution in [0.4, 0.5) is 0 Å². The number of hydrogen-bond acceptors (Lipinski definition) is 3. The Morgan fingerprint density at radius 3 is 2.83 bits per heavy atom. The Morgan fingerprint density at radius 2 is 2.25 bits per heavy atom. The maximum atomic E-state index is 8.83. The topological polar surface area (TPSA) is 33.4 Å². The highest BCUT2D eigenvalue weighted by Crippen LogP contribution is 2.27. The van der Waals surface area contributed by atoms with Crippen LogP contribution in [0.3, 0.4) is 0 Å². The Hall–Kier alpha value is -1.06. The zero-order valence-electron chi connectivity index (χ0n) is 6.36. The maximum absolute atomic E-state index is 8.83. The van der Waals surface area contributed by atoms with E-state index in [1.54, 1.807) is 17.6 Å². The molecule has 0 amide bonds. The molecule has 0 fully saturated rings. The van der Waals surface area contributed by atoms with Crippen LogP contribution in [0.1, 0.15) is 4.88 Å². The number of hydrogen-bond donors (Lipinski definition) is 1. The van der Waals surface area contributed by atoms with E-state index in [-0.39, 0.29) is 6.61 Å². The Labute approximate surface area is 74.1 Å². The lowest BCUT2D eigenvalue weighted by atomic mass is 10.3. The smallest absolute Gasteiger partial charge is 0.143 e. The van der Waals surface area contributed by atoms with Crippen molar-refractivity contribution in [2.45, 2.75) is 6.61 Å². The summed E-state index contributed by atoms with van der Waals surface area (Å²) in [5, 5.41) is 8.83. The zero-order chi connectivity index (χ0) is 8.39. The van der Waals surface area contributed by atoms with Crippen molar-refractivity contribution in [3.05, 3.63) is 35.4 Å². The normalized spacial score (nSPS) is 10.4. The van der Waals surface area contributed by atoms with Gasteiger partial charge in [0, 0.05) is 4.88 Å². The lowest BCUT2D eigenvalue weighted by molar-refractivity contribution is 0.285. The number of rotatable bonds is 2. The van der Waals surface area contributed by atoms with E-state index in [9.17, 15) is 0 Å². The molecule has 0 unspecified atom stereocenters. The summed E-state index contributed by atoms with van der Waals surface area (Å²) in [5.74, 6) is 0.861. The van der Waals surface area contributed by atoms with Crippen LogP contribution in [0.5, 0.6) is 0 Å². The molecule has 2 aromatic rings. The van der Waals surface area contributed by atoms with Crippen molar-refractivity contribution in [1.82, 2.24) is 0 Å². The Morgan fingerprint density at radius 1 is 1.33 bits per heavy atom. The van der Waals surface area contributed by atoms with Crippen LogP contribution >= 0.6 is 11.3 Å². The fourth-order valence-corrected chi connectivity index (χ4v) is 1.85. The van der Waals surface area contributed by atoms with Crippen LogP contribution < -0.4 is 0 Å². The van der Waals surface area contributed by atoms with Gasteiger partial charge in [-0.05, 0) is 24.3 Å². The van der Waals surface area contributed by atoms with E-state index in [4.69, 9.17) is 9.52 Å². The predicted molar refractivity (Wildman–Crippen MR) is 47.9 cm³/mol. The zero-order valence-corrected chi connectivity index (χ0v) is 7.17. The molecule has 0 bridgehead atoms. The van der Waals surface area contributed by atoms with Crippen LogP contribution in [0.15, 0.2) is 34.9 Å². The van der Waals surface area contributed by atoms with Crippen LogP contribution in [-0.4, -0.2) is 5.11 Å². The van der Waals surface area contributed by atoms with Crippen molar-refractivity contribution < 1.29 is 9.52 Å². The number of furan rings is 1. The molecule has 0 aromatic carbocycles. The Kier molecular flexibility index (Phi) is 1.98. The Bertz CT molecular complexity index is 348. The SMILES string of the molecule is OCc1ccc(-c2ccco2)s1. The first kappa shape index (κ1) is 7.58. The van der Waals surface area contributed by atoms with Gasteiger partial charge in [0.2, 0.25) is 0 Å².